The average molecular weight is 338 g/mol. The minimum absolute atomic E-state index is 0.320. The van der Waals surface area contributed by atoms with Gasteiger partial charge in [0.05, 0.1) is 11.3 Å². The van der Waals surface area contributed by atoms with E-state index in [2.05, 4.69) is 20.9 Å². The molecule has 0 amide bonds. The van der Waals surface area contributed by atoms with Crippen LogP contribution >= 0.6 is 27.7 Å². The standard InChI is InChI=1S/C14H12BrNO2S/c1-9-3-2-4-11(16-9)8-19-13-7-10(15)5-6-12(13)14(17)18/h2-7H,8H2,1H3,(H,17,18). The van der Waals surface area contributed by atoms with E-state index in [-0.39, 0.29) is 0 Å². The first-order valence-electron chi connectivity index (χ1n) is 5.64. The molecule has 3 nitrogen and oxygen atoms in total. The fourth-order valence-electron chi connectivity index (χ4n) is 1.62. The van der Waals surface area contributed by atoms with Gasteiger partial charge in [-0.3, -0.25) is 4.98 Å². The Balaban J connectivity index is 2.19. The fraction of sp³-hybridized carbons (Fsp3) is 0.143. The third-order valence-electron chi connectivity index (χ3n) is 2.50. The van der Waals surface area contributed by atoms with Crippen LogP contribution in [0.3, 0.4) is 0 Å². The smallest absolute Gasteiger partial charge is 0.336 e. The lowest BCUT2D eigenvalue weighted by Gasteiger charge is -2.06. The van der Waals surface area contributed by atoms with Gasteiger partial charge in [0.25, 0.3) is 0 Å². The summed E-state index contributed by atoms with van der Waals surface area (Å²) in [4.78, 5) is 16.3. The molecule has 0 atom stereocenters. The molecule has 1 heterocycles. The molecule has 0 aliphatic rings. The molecule has 1 N–H and O–H groups in total. The maximum absolute atomic E-state index is 11.2. The number of pyridine rings is 1. The first-order valence-corrected chi connectivity index (χ1v) is 7.42. The molecule has 2 aromatic rings. The number of rotatable bonds is 4. The topological polar surface area (TPSA) is 50.2 Å². The number of hydrogen-bond acceptors (Lipinski definition) is 3. The summed E-state index contributed by atoms with van der Waals surface area (Å²) in [6.45, 7) is 1.94. The Morgan fingerprint density at radius 1 is 1.37 bits per heavy atom. The highest BCUT2D eigenvalue weighted by atomic mass is 79.9. The van der Waals surface area contributed by atoms with Crippen molar-refractivity contribution < 1.29 is 9.90 Å². The van der Waals surface area contributed by atoms with E-state index in [1.54, 1.807) is 12.1 Å². The molecule has 5 heteroatoms. The number of hydrogen-bond donors (Lipinski definition) is 1. The van der Waals surface area contributed by atoms with Gasteiger partial charge >= 0.3 is 5.97 Å². The van der Waals surface area contributed by atoms with Gasteiger partial charge in [0.2, 0.25) is 0 Å². The molecule has 2 rings (SSSR count). The SMILES string of the molecule is Cc1cccc(CSc2cc(Br)ccc2C(=O)O)n1. The van der Waals surface area contributed by atoms with Gasteiger partial charge in [-0.15, -0.1) is 11.8 Å². The second-order valence-electron chi connectivity index (χ2n) is 4.00. The van der Waals surface area contributed by atoms with Crippen molar-refractivity contribution in [2.24, 2.45) is 0 Å². The highest BCUT2D eigenvalue weighted by Gasteiger charge is 2.11. The summed E-state index contributed by atoms with van der Waals surface area (Å²) >= 11 is 4.84. The van der Waals surface area contributed by atoms with Crippen molar-refractivity contribution in [1.82, 2.24) is 4.98 Å². The van der Waals surface area contributed by atoms with Crippen LogP contribution in [-0.4, -0.2) is 16.1 Å². The monoisotopic (exact) mass is 337 g/mol. The Labute approximate surface area is 124 Å². The van der Waals surface area contributed by atoms with Crippen molar-refractivity contribution in [3.8, 4) is 0 Å². The highest BCUT2D eigenvalue weighted by Crippen LogP contribution is 2.28. The van der Waals surface area contributed by atoms with Crippen LogP contribution in [0.5, 0.6) is 0 Å². The van der Waals surface area contributed by atoms with Crippen molar-refractivity contribution >= 4 is 33.7 Å². The van der Waals surface area contributed by atoms with Crippen molar-refractivity contribution in [2.75, 3.05) is 0 Å². The number of halogens is 1. The zero-order valence-corrected chi connectivity index (χ0v) is 12.7. The largest absolute Gasteiger partial charge is 0.478 e. The first kappa shape index (κ1) is 14.1. The molecule has 1 aromatic heterocycles. The molecule has 19 heavy (non-hydrogen) atoms. The second kappa shape index (κ2) is 6.21. The maximum atomic E-state index is 11.2. The molecule has 0 saturated heterocycles. The summed E-state index contributed by atoms with van der Waals surface area (Å²) in [5.41, 5.74) is 2.23. The summed E-state index contributed by atoms with van der Waals surface area (Å²) in [7, 11) is 0. The van der Waals surface area contributed by atoms with Gasteiger partial charge in [-0.1, -0.05) is 22.0 Å². The Morgan fingerprint density at radius 3 is 2.84 bits per heavy atom. The number of carboxylic acid groups (broad SMARTS) is 1. The Bertz CT molecular complexity index is 616. The molecule has 0 aliphatic carbocycles. The van der Waals surface area contributed by atoms with E-state index in [9.17, 15) is 4.79 Å². The summed E-state index contributed by atoms with van der Waals surface area (Å²) in [6.07, 6.45) is 0. The Hall–Kier alpha value is -1.33. The van der Waals surface area contributed by atoms with Crippen LogP contribution in [0.2, 0.25) is 0 Å². The van der Waals surface area contributed by atoms with E-state index in [0.29, 0.717) is 11.3 Å². The van der Waals surface area contributed by atoms with Crippen LogP contribution < -0.4 is 0 Å². The number of aromatic nitrogens is 1. The highest BCUT2D eigenvalue weighted by molar-refractivity contribution is 9.10. The lowest BCUT2D eigenvalue weighted by atomic mass is 10.2. The molecule has 98 valence electrons. The number of carbonyl (C=O) groups is 1. The predicted molar refractivity (Wildman–Crippen MR) is 79.6 cm³/mol. The maximum Gasteiger partial charge on any atom is 0.336 e. The number of nitrogens with zero attached hydrogens (tertiary/aromatic N) is 1. The molecule has 0 aliphatic heterocycles. The summed E-state index contributed by atoms with van der Waals surface area (Å²) in [6, 6.07) is 11.0. The fourth-order valence-corrected chi connectivity index (χ4v) is 3.12. The first-order chi connectivity index (χ1) is 9.06. The van der Waals surface area contributed by atoms with Gasteiger partial charge in [0, 0.05) is 20.8 Å². The van der Waals surface area contributed by atoms with Gasteiger partial charge in [0.1, 0.15) is 0 Å². The van der Waals surface area contributed by atoms with Gasteiger partial charge in [-0.25, -0.2) is 4.79 Å². The van der Waals surface area contributed by atoms with Crippen molar-refractivity contribution in [1.29, 1.82) is 0 Å². The number of carboxylic acids is 1. The third kappa shape index (κ3) is 3.81. The minimum atomic E-state index is -0.910. The minimum Gasteiger partial charge on any atom is -0.478 e. The van der Waals surface area contributed by atoms with E-state index in [1.807, 2.05) is 31.2 Å². The second-order valence-corrected chi connectivity index (χ2v) is 5.94. The van der Waals surface area contributed by atoms with E-state index in [4.69, 9.17) is 5.11 Å². The van der Waals surface area contributed by atoms with E-state index >= 15 is 0 Å². The van der Waals surface area contributed by atoms with E-state index in [1.165, 1.54) is 11.8 Å². The number of benzene rings is 1. The van der Waals surface area contributed by atoms with Crippen LogP contribution in [0, 0.1) is 6.92 Å². The Kier molecular flexibility index (Phi) is 4.61. The molecule has 0 spiro atoms. The molecule has 0 bridgehead atoms. The van der Waals surface area contributed by atoms with Gasteiger partial charge in [-0.05, 0) is 37.3 Å². The van der Waals surface area contributed by atoms with Crippen molar-refractivity contribution in [3.63, 3.8) is 0 Å². The van der Waals surface area contributed by atoms with Crippen LogP contribution in [0.15, 0.2) is 45.8 Å². The van der Waals surface area contributed by atoms with Crippen LogP contribution in [0.4, 0.5) is 0 Å². The molecule has 0 saturated carbocycles. The molecular formula is C14H12BrNO2S. The zero-order chi connectivity index (χ0) is 13.8. The molecule has 0 fully saturated rings. The third-order valence-corrected chi connectivity index (χ3v) is 4.08. The lowest BCUT2D eigenvalue weighted by molar-refractivity contribution is 0.0693. The molecule has 1 aromatic carbocycles. The average Bonchev–Trinajstić information content (AvgIpc) is 2.36. The lowest BCUT2D eigenvalue weighted by Crippen LogP contribution is -1.99. The van der Waals surface area contributed by atoms with Gasteiger partial charge in [-0.2, -0.15) is 0 Å². The summed E-state index contributed by atoms with van der Waals surface area (Å²) in [5.74, 6) is -0.259. The van der Waals surface area contributed by atoms with Crippen LogP contribution in [0.1, 0.15) is 21.7 Å². The summed E-state index contributed by atoms with van der Waals surface area (Å²) < 4.78 is 0.872. The van der Waals surface area contributed by atoms with Crippen LogP contribution in [0.25, 0.3) is 0 Å². The summed E-state index contributed by atoms with van der Waals surface area (Å²) in [5, 5.41) is 9.15. The number of aromatic carboxylic acids is 1. The predicted octanol–water partition coefficient (Wildman–Crippen LogP) is 4.14. The normalized spacial score (nSPS) is 10.4. The molecular weight excluding hydrogens is 326 g/mol. The van der Waals surface area contributed by atoms with E-state index < -0.39 is 5.97 Å². The molecule has 0 unspecified atom stereocenters. The quantitative estimate of drug-likeness (QED) is 0.851. The van der Waals surface area contributed by atoms with Crippen molar-refractivity contribution in [3.05, 3.63) is 57.8 Å². The molecule has 0 radical (unpaired) electrons. The Morgan fingerprint density at radius 2 is 2.16 bits per heavy atom. The van der Waals surface area contributed by atoms with E-state index in [0.717, 1.165) is 20.8 Å². The number of thioether (sulfide) groups is 1. The van der Waals surface area contributed by atoms with Crippen molar-refractivity contribution in [2.45, 2.75) is 17.6 Å². The van der Waals surface area contributed by atoms with Gasteiger partial charge < -0.3 is 5.11 Å². The number of aryl methyl sites for hydroxylation is 1. The zero-order valence-electron chi connectivity index (χ0n) is 10.3. The van der Waals surface area contributed by atoms with Crippen LogP contribution in [-0.2, 0) is 5.75 Å². The van der Waals surface area contributed by atoms with Gasteiger partial charge in [0.15, 0.2) is 0 Å².